The smallest absolute Gasteiger partial charge is 0.283 e. The highest BCUT2D eigenvalue weighted by Gasteiger charge is 2.23. The fourth-order valence-electron chi connectivity index (χ4n) is 3.47. The Labute approximate surface area is 190 Å². The molecule has 0 atom stereocenters. The average molecular weight is 477 g/mol. The van der Waals surface area contributed by atoms with Crippen molar-refractivity contribution in [1.82, 2.24) is 19.7 Å². The number of nitrogens with zero attached hydrogens (tertiary/aromatic N) is 4. The van der Waals surface area contributed by atoms with Crippen LogP contribution < -0.4 is 5.56 Å². The largest absolute Gasteiger partial charge is 0.459 e. The maximum Gasteiger partial charge on any atom is 0.283 e. The van der Waals surface area contributed by atoms with E-state index in [9.17, 15) is 4.79 Å². The van der Waals surface area contributed by atoms with Crippen molar-refractivity contribution < 1.29 is 13.6 Å². The summed E-state index contributed by atoms with van der Waals surface area (Å²) in [5.41, 5.74) is 1.20. The summed E-state index contributed by atoms with van der Waals surface area (Å²) in [6.07, 6.45) is 4.34. The molecule has 1 aliphatic rings. The number of furan rings is 1. The zero-order valence-electron chi connectivity index (χ0n) is 16.8. The molecule has 4 aromatic heterocycles. The van der Waals surface area contributed by atoms with Crippen LogP contribution >= 0.6 is 34.9 Å². The van der Waals surface area contributed by atoms with E-state index in [1.54, 1.807) is 41.4 Å². The van der Waals surface area contributed by atoms with Gasteiger partial charge < -0.3 is 13.6 Å². The summed E-state index contributed by atoms with van der Waals surface area (Å²) in [6.45, 7) is 1.14. The van der Waals surface area contributed by atoms with E-state index in [1.807, 2.05) is 11.8 Å². The Morgan fingerprint density at radius 3 is 3.13 bits per heavy atom. The average Bonchev–Trinajstić information content (AvgIpc) is 3.53. The molecule has 0 aromatic carbocycles. The molecule has 0 radical (unpaired) electrons. The molecule has 0 unspecified atom stereocenters. The van der Waals surface area contributed by atoms with E-state index in [-0.39, 0.29) is 5.56 Å². The lowest BCUT2D eigenvalue weighted by Gasteiger charge is -2.13. The summed E-state index contributed by atoms with van der Waals surface area (Å²) in [7, 11) is 1.67. The highest BCUT2D eigenvalue weighted by Crippen LogP contribution is 2.40. The Bertz CT molecular complexity index is 1250. The number of thiophene rings is 1. The van der Waals surface area contributed by atoms with Crippen molar-refractivity contribution >= 4 is 45.1 Å². The Hall–Kier alpha value is -2.08. The van der Waals surface area contributed by atoms with Gasteiger partial charge >= 0.3 is 0 Å². The van der Waals surface area contributed by atoms with Crippen LogP contribution in [-0.2, 0) is 23.5 Å². The summed E-state index contributed by atoms with van der Waals surface area (Å²) >= 11 is 4.88. The molecule has 1 aliphatic heterocycles. The van der Waals surface area contributed by atoms with Gasteiger partial charge in [0.2, 0.25) is 5.89 Å². The monoisotopic (exact) mass is 476 g/mol. The van der Waals surface area contributed by atoms with Crippen LogP contribution in [0.1, 0.15) is 24.3 Å². The molecule has 0 N–H and O–H groups in total. The van der Waals surface area contributed by atoms with Crippen molar-refractivity contribution in [2.24, 2.45) is 0 Å². The summed E-state index contributed by atoms with van der Waals surface area (Å²) in [4.78, 5) is 19.1. The van der Waals surface area contributed by atoms with Crippen LogP contribution in [0.15, 0.2) is 41.4 Å². The lowest BCUT2D eigenvalue weighted by Crippen LogP contribution is -2.24. The first kappa shape index (κ1) is 20.8. The van der Waals surface area contributed by atoms with Crippen molar-refractivity contribution in [1.29, 1.82) is 0 Å². The van der Waals surface area contributed by atoms with Gasteiger partial charge in [0, 0.05) is 20.3 Å². The molecule has 0 spiro atoms. The lowest BCUT2D eigenvalue weighted by molar-refractivity contribution is 0.189. The van der Waals surface area contributed by atoms with Crippen molar-refractivity contribution in [3.05, 3.63) is 40.2 Å². The molecule has 5 heterocycles. The highest BCUT2D eigenvalue weighted by molar-refractivity contribution is 8.01. The lowest BCUT2D eigenvalue weighted by atomic mass is 10.1. The zero-order chi connectivity index (χ0) is 21.2. The van der Waals surface area contributed by atoms with Crippen molar-refractivity contribution in [2.45, 2.75) is 40.9 Å². The zero-order valence-corrected chi connectivity index (χ0v) is 19.3. The first-order valence-corrected chi connectivity index (χ1v) is 12.7. The second-order valence-corrected chi connectivity index (χ2v) is 10.3. The van der Waals surface area contributed by atoms with E-state index in [1.165, 1.54) is 21.5 Å². The first-order valence-electron chi connectivity index (χ1n) is 9.91. The first-order chi connectivity index (χ1) is 15.2. The van der Waals surface area contributed by atoms with Crippen LogP contribution in [0, 0.1) is 0 Å². The molecular weight excluding hydrogens is 456 g/mol. The second kappa shape index (κ2) is 9.19. The normalized spacial score (nSPS) is 13.7. The van der Waals surface area contributed by atoms with Gasteiger partial charge in [0.15, 0.2) is 10.9 Å². The minimum Gasteiger partial charge on any atom is -0.459 e. The number of hydrogen-bond acceptors (Lipinski definition) is 10. The van der Waals surface area contributed by atoms with E-state index in [4.69, 9.17) is 18.6 Å². The standard InChI is InChI=1S/C20H20N4O4S3/c1-26-8-4-7-24-18(25)15-12-5-3-10-29-19(12)31-17(15)21-20(24)30-11-14-22-23-16(28-14)13-6-2-9-27-13/h2,6,9H,3-5,7-8,10-11H2,1H3. The summed E-state index contributed by atoms with van der Waals surface area (Å²) in [5, 5.41) is 9.58. The van der Waals surface area contributed by atoms with Gasteiger partial charge in [0.05, 0.1) is 21.6 Å². The highest BCUT2D eigenvalue weighted by atomic mass is 32.2. The molecule has 0 amide bonds. The van der Waals surface area contributed by atoms with Crippen LogP contribution in [0.2, 0.25) is 0 Å². The molecule has 0 saturated heterocycles. The van der Waals surface area contributed by atoms with Gasteiger partial charge in [0.25, 0.3) is 11.4 Å². The Balaban J connectivity index is 1.46. The molecule has 5 rings (SSSR count). The molecule has 162 valence electrons. The molecule has 31 heavy (non-hydrogen) atoms. The van der Waals surface area contributed by atoms with E-state index in [0.29, 0.717) is 41.6 Å². The van der Waals surface area contributed by atoms with Crippen molar-refractivity contribution in [2.75, 3.05) is 19.5 Å². The third-order valence-corrected chi connectivity index (χ3v) is 8.38. The van der Waals surface area contributed by atoms with Crippen LogP contribution in [0.5, 0.6) is 0 Å². The predicted molar refractivity (Wildman–Crippen MR) is 121 cm³/mol. The molecular formula is C20H20N4O4S3. The Morgan fingerprint density at radius 2 is 2.29 bits per heavy atom. The number of hydrogen-bond donors (Lipinski definition) is 0. The van der Waals surface area contributed by atoms with Gasteiger partial charge in [-0.3, -0.25) is 9.36 Å². The molecule has 8 nitrogen and oxygen atoms in total. The summed E-state index contributed by atoms with van der Waals surface area (Å²) in [5.74, 6) is 2.83. The van der Waals surface area contributed by atoms with Gasteiger partial charge in [-0.25, -0.2) is 4.98 Å². The van der Waals surface area contributed by atoms with E-state index in [2.05, 4.69) is 10.2 Å². The maximum atomic E-state index is 13.4. The number of rotatable bonds is 8. The Kier molecular flexibility index (Phi) is 6.17. The third-order valence-electron chi connectivity index (χ3n) is 4.90. The SMILES string of the molecule is COCCCn1c(SCc2nnc(-c3ccco3)o2)nc2sc3c(c2c1=O)CCCS3. The summed E-state index contributed by atoms with van der Waals surface area (Å²) in [6, 6.07) is 3.54. The van der Waals surface area contributed by atoms with Crippen molar-refractivity contribution in [3.8, 4) is 11.7 Å². The minimum atomic E-state index is 0.0328. The van der Waals surface area contributed by atoms with E-state index >= 15 is 0 Å². The molecule has 0 bridgehead atoms. The second-order valence-electron chi connectivity index (χ2n) is 6.96. The van der Waals surface area contributed by atoms with Crippen molar-refractivity contribution in [3.63, 3.8) is 0 Å². The molecule has 0 aliphatic carbocycles. The van der Waals surface area contributed by atoms with Crippen LogP contribution in [0.3, 0.4) is 0 Å². The predicted octanol–water partition coefficient (Wildman–Crippen LogP) is 4.47. The number of aromatic nitrogens is 4. The number of aryl methyl sites for hydroxylation is 1. The number of fused-ring (bicyclic) bond motifs is 3. The molecule has 0 fully saturated rings. The third kappa shape index (κ3) is 4.19. The van der Waals surface area contributed by atoms with Crippen LogP contribution in [-0.4, -0.2) is 39.2 Å². The van der Waals surface area contributed by atoms with Crippen LogP contribution in [0.4, 0.5) is 0 Å². The molecule has 4 aromatic rings. The number of methoxy groups -OCH3 is 1. The fourth-order valence-corrected chi connectivity index (χ4v) is 6.91. The fraction of sp³-hybridized carbons (Fsp3) is 0.400. The van der Waals surface area contributed by atoms with Gasteiger partial charge in [-0.15, -0.1) is 33.3 Å². The maximum absolute atomic E-state index is 13.4. The topological polar surface area (TPSA) is 96.2 Å². The molecule has 0 saturated carbocycles. The number of ether oxygens (including phenoxy) is 1. The van der Waals surface area contributed by atoms with Gasteiger partial charge in [-0.05, 0) is 42.7 Å². The van der Waals surface area contributed by atoms with Gasteiger partial charge in [-0.2, -0.15) is 0 Å². The number of thioether (sulfide) groups is 2. The minimum absolute atomic E-state index is 0.0328. The van der Waals surface area contributed by atoms with E-state index in [0.717, 1.165) is 35.2 Å². The van der Waals surface area contributed by atoms with Crippen LogP contribution in [0.25, 0.3) is 21.9 Å². The molecule has 11 heteroatoms. The van der Waals surface area contributed by atoms with E-state index < -0.39 is 0 Å². The van der Waals surface area contributed by atoms with Gasteiger partial charge in [0.1, 0.15) is 4.83 Å². The quantitative estimate of drug-likeness (QED) is 0.207. The van der Waals surface area contributed by atoms with Gasteiger partial charge in [-0.1, -0.05) is 11.8 Å². The Morgan fingerprint density at radius 1 is 1.35 bits per heavy atom. The summed E-state index contributed by atoms with van der Waals surface area (Å²) < 4.78 is 19.2.